The molecule has 1 aliphatic rings. The van der Waals surface area contributed by atoms with E-state index in [9.17, 15) is 22.4 Å². The molecule has 0 unspecified atom stereocenters. The molecule has 2 aromatic rings. The van der Waals surface area contributed by atoms with Crippen LogP contribution in [-0.2, 0) is 11.3 Å². The number of anilines is 1. The van der Waals surface area contributed by atoms with Crippen molar-refractivity contribution >= 4 is 11.6 Å². The van der Waals surface area contributed by atoms with E-state index in [1.807, 2.05) is 0 Å². The fourth-order valence-electron chi connectivity index (χ4n) is 2.58. The van der Waals surface area contributed by atoms with Crippen LogP contribution in [0.5, 0.6) is 5.75 Å². The monoisotopic (exact) mass is 371 g/mol. The summed E-state index contributed by atoms with van der Waals surface area (Å²) in [6.07, 6.45) is -0.979. The molecule has 1 amide bonds. The Labute approximate surface area is 146 Å². The van der Waals surface area contributed by atoms with Gasteiger partial charge in [-0.2, -0.15) is 13.9 Å². The molecular weight excluding hydrogens is 354 g/mol. The molecule has 5 nitrogen and oxygen atoms in total. The van der Waals surface area contributed by atoms with Crippen molar-refractivity contribution in [2.75, 3.05) is 5.32 Å². The summed E-state index contributed by atoms with van der Waals surface area (Å²) in [6.45, 7) is -1.82. The smallest absolute Gasteiger partial charge is 0.387 e. The van der Waals surface area contributed by atoms with Crippen molar-refractivity contribution in [3.05, 3.63) is 41.2 Å². The van der Waals surface area contributed by atoms with Crippen LogP contribution in [0.3, 0.4) is 0 Å². The number of ether oxygens (including phenoxy) is 1. The highest BCUT2D eigenvalue weighted by molar-refractivity contribution is 5.92. The van der Waals surface area contributed by atoms with Gasteiger partial charge >= 0.3 is 6.61 Å². The Morgan fingerprint density at radius 2 is 2.04 bits per heavy atom. The average molecular weight is 371 g/mol. The Kier molecular flexibility index (Phi) is 5.15. The molecule has 1 fully saturated rings. The van der Waals surface area contributed by atoms with Crippen molar-refractivity contribution in [1.29, 1.82) is 0 Å². The summed E-state index contributed by atoms with van der Waals surface area (Å²) in [5, 5.41) is 6.49. The molecule has 0 atom stereocenters. The summed E-state index contributed by atoms with van der Waals surface area (Å²) in [6, 6.07) is 5.69. The van der Waals surface area contributed by atoms with Crippen molar-refractivity contribution in [2.45, 2.75) is 45.3 Å². The highest BCUT2D eigenvalue weighted by Gasteiger charge is 2.29. The maximum absolute atomic E-state index is 13.2. The van der Waals surface area contributed by atoms with Crippen LogP contribution in [0.4, 0.5) is 23.2 Å². The molecule has 1 heterocycles. The summed E-state index contributed by atoms with van der Waals surface area (Å²) in [4.78, 5) is 12.2. The molecule has 1 N–H and O–H groups in total. The normalized spacial score (nSPS) is 14.1. The minimum atomic E-state index is -3.05. The lowest BCUT2D eigenvalue weighted by Crippen LogP contribution is -2.21. The molecule has 1 aromatic heterocycles. The molecule has 1 saturated carbocycles. The van der Waals surface area contributed by atoms with E-state index in [2.05, 4.69) is 15.2 Å². The maximum Gasteiger partial charge on any atom is 0.387 e. The number of benzene rings is 1. The lowest BCUT2D eigenvalue weighted by molar-refractivity contribution is -0.117. The third kappa shape index (κ3) is 4.33. The first-order chi connectivity index (χ1) is 12.3. The molecule has 0 bridgehead atoms. The average Bonchev–Trinajstić information content (AvgIpc) is 3.30. The van der Waals surface area contributed by atoms with E-state index in [0.717, 1.165) is 17.5 Å². The van der Waals surface area contributed by atoms with Gasteiger partial charge in [-0.15, -0.1) is 0 Å². The van der Waals surface area contributed by atoms with Crippen LogP contribution in [0.1, 0.15) is 42.1 Å². The van der Waals surface area contributed by atoms with Gasteiger partial charge in [-0.05, 0) is 43.5 Å². The predicted octanol–water partition coefficient (Wildman–Crippen LogP) is 4.25. The zero-order valence-electron chi connectivity index (χ0n) is 13.9. The zero-order valence-corrected chi connectivity index (χ0v) is 13.9. The van der Waals surface area contributed by atoms with Crippen LogP contribution in [0.15, 0.2) is 24.3 Å². The maximum atomic E-state index is 13.2. The second-order valence-corrected chi connectivity index (χ2v) is 6.15. The van der Waals surface area contributed by atoms with Crippen molar-refractivity contribution < 1.29 is 27.1 Å². The van der Waals surface area contributed by atoms with Crippen LogP contribution in [0.25, 0.3) is 0 Å². The van der Waals surface area contributed by atoms with Gasteiger partial charge in [0.15, 0.2) is 0 Å². The Bertz CT molecular complexity index is 803. The minimum Gasteiger partial charge on any atom is -0.433 e. The number of carbonyl (C=O) groups excluding carboxylic acids is 1. The number of amides is 1. The molecule has 0 radical (unpaired) electrons. The third-order valence-corrected chi connectivity index (χ3v) is 3.97. The molecule has 1 aromatic carbocycles. The summed E-state index contributed by atoms with van der Waals surface area (Å²) < 4.78 is 56.7. The predicted molar refractivity (Wildman–Crippen MR) is 85.6 cm³/mol. The molecule has 9 heteroatoms. The Hall–Kier alpha value is -2.58. The number of aromatic nitrogens is 2. The van der Waals surface area contributed by atoms with Crippen molar-refractivity contribution in [1.82, 2.24) is 9.78 Å². The number of rotatable bonds is 7. The SMILES string of the molecule is Cc1ccc(NC(=O)Cn2nc(C3CC3)cc2C(F)F)c(OC(F)F)c1. The second-order valence-electron chi connectivity index (χ2n) is 6.15. The number of aryl methyl sites for hydroxylation is 1. The highest BCUT2D eigenvalue weighted by atomic mass is 19.3. The molecular formula is C17H17F4N3O2. The van der Waals surface area contributed by atoms with Gasteiger partial charge in [-0.3, -0.25) is 9.48 Å². The Morgan fingerprint density at radius 3 is 2.65 bits per heavy atom. The standard InChI is InChI=1S/C17H17F4N3O2/c1-9-2-5-11(14(6-9)26-17(20)21)22-15(25)8-24-13(16(18)19)7-12(23-24)10-3-4-10/h2,5-7,10,16-17H,3-4,8H2,1H3,(H,22,25). The summed E-state index contributed by atoms with van der Waals surface area (Å²) in [7, 11) is 0. The van der Waals surface area contributed by atoms with Gasteiger partial charge in [0, 0.05) is 5.92 Å². The van der Waals surface area contributed by atoms with Gasteiger partial charge in [0.05, 0.1) is 11.4 Å². The van der Waals surface area contributed by atoms with Crippen molar-refractivity contribution in [3.63, 3.8) is 0 Å². The summed E-state index contributed by atoms with van der Waals surface area (Å²) in [5.41, 5.74) is 0.911. The topological polar surface area (TPSA) is 56.2 Å². The van der Waals surface area contributed by atoms with Gasteiger partial charge in [0.2, 0.25) is 5.91 Å². The van der Waals surface area contributed by atoms with Gasteiger partial charge in [0.25, 0.3) is 6.43 Å². The quantitative estimate of drug-likeness (QED) is 0.741. The van der Waals surface area contributed by atoms with Gasteiger partial charge in [0.1, 0.15) is 18.0 Å². The number of halogens is 4. The second kappa shape index (κ2) is 7.35. The Balaban J connectivity index is 1.75. The van der Waals surface area contributed by atoms with Crippen molar-refractivity contribution in [3.8, 4) is 5.75 Å². The van der Waals surface area contributed by atoms with E-state index < -0.39 is 25.5 Å². The van der Waals surface area contributed by atoms with Crippen LogP contribution < -0.4 is 10.1 Å². The highest BCUT2D eigenvalue weighted by Crippen LogP contribution is 2.40. The van der Waals surface area contributed by atoms with E-state index in [-0.39, 0.29) is 23.0 Å². The van der Waals surface area contributed by atoms with Crippen molar-refractivity contribution in [2.24, 2.45) is 0 Å². The molecule has 0 spiro atoms. The number of hydrogen-bond acceptors (Lipinski definition) is 3. The molecule has 140 valence electrons. The number of nitrogens with zero attached hydrogens (tertiary/aromatic N) is 2. The van der Waals surface area contributed by atoms with Crippen LogP contribution in [0, 0.1) is 6.92 Å². The van der Waals surface area contributed by atoms with Gasteiger partial charge < -0.3 is 10.1 Å². The fraction of sp³-hybridized carbons (Fsp3) is 0.412. The number of hydrogen-bond donors (Lipinski definition) is 1. The molecule has 26 heavy (non-hydrogen) atoms. The van der Waals surface area contributed by atoms with E-state index in [1.165, 1.54) is 18.2 Å². The molecule has 3 rings (SSSR count). The zero-order chi connectivity index (χ0) is 18.8. The van der Waals surface area contributed by atoms with Crippen LogP contribution in [-0.4, -0.2) is 22.3 Å². The lowest BCUT2D eigenvalue weighted by atomic mass is 10.2. The van der Waals surface area contributed by atoms with Crippen LogP contribution >= 0.6 is 0 Å². The fourth-order valence-corrected chi connectivity index (χ4v) is 2.58. The van der Waals surface area contributed by atoms with Gasteiger partial charge in [-0.1, -0.05) is 6.07 Å². The lowest BCUT2D eigenvalue weighted by Gasteiger charge is -2.13. The first-order valence-electron chi connectivity index (χ1n) is 8.04. The first kappa shape index (κ1) is 18.2. The number of carbonyl (C=O) groups is 1. The molecule has 1 aliphatic carbocycles. The van der Waals surface area contributed by atoms with E-state index in [0.29, 0.717) is 11.3 Å². The van der Waals surface area contributed by atoms with Gasteiger partial charge in [-0.25, -0.2) is 8.78 Å². The molecule has 0 saturated heterocycles. The largest absolute Gasteiger partial charge is 0.433 e. The third-order valence-electron chi connectivity index (χ3n) is 3.97. The van der Waals surface area contributed by atoms with E-state index in [1.54, 1.807) is 13.0 Å². The summed E-state index contributed by atoms with van der Waals surface area (Å²) in [5.74, 6) is -0.693. The minimum absolute atomic E-state index is 0.0362. The van der Waals surface area contributed by atoms with E-state index >= 15 is 0 Å². The van der Waals surface area contributed by atoms with E-state index in [4.69, 9.17) is 0 Å². The Morgan fingerprint density at radius 1 is 1.31 bits per heavy atom. The number of alkyl halides is 4. The number of nitrogens with one attached hydrogen (secondary N) is 1. The molecule has 0 aliphatic heterocycles. The first-order valence-corrected chi connectivity index (χ1v) is 8.04. The van der Waals surface area contributed by atoms with Crippen LogP contribution in [0.2, 0.25) is 0 Å². The summed E-state index contributed by atoms with van der Waals surface area (Å²) >= 11 is 0.